The van der Waals surface area contributed by atoms with E-state index < -0.39 is 0 Å². The van der Waals surface area contributed by atoms with Crippen molar-refractivity contribution in [2.24, 2.45) is 0 Å². The van der Waals surface area contributed by atoms with Crippen molar-refractivity contribution in [3.63, 3.8) is 0 Å². The number of nitrogens with zero attached hydrogens (tertiary/aromatic N) is 3. The average molecular weight is 610 g/mol. The molecule has 1 atom stereocenters. The summed E-state index contributed by atoms with van der Waals surface area (Å²) in [5, 5.41) is 1.13. The number of para-hydroxylation sites is 3. The molecule has 5 nitrogen and oxygen atoms in total. The number of benzene rings is 5. The minimum atomic E-state index is -0.230. The van der Waals surface area contributed by atoms with Crippen molar-refractivity contribution in [1.82, 2.24) is 9.47 Å². The molecule has 7 rings (SSSR count). The summed E-state index contributed by atoms with van der Waals surface area (Å²) < 4.78 is 23.0. The lowest BCUT2D eigenvalue weighted by atomic mass is 9.87. The summed E-state index contributed by atoms with van der Waals surface area (Å²) in [4.78, 5) is 18.0. The maximum absolute atomic E-state index is 14.5. The molecule has 5 aromatic carbocycles. The Balaban J connectivity index is 1.21. The van der Waals surface area contributed by atoms with Gasteiger partial charge in [0.1, 0.15) is 17.3 Å². The highest BCUT2D eigenvalue weighted by molar-refractivity contribution is 5.87. The van der Waals surface area contributed by atoms with Crippen LogP contribution in [0.1, 0.15) is 29.0 Å². The van der Waals surface area contributed by atoms with Gasteiger partial charge in [-0.2, -0.15) is 0 Å². The molecule has 0 bridgehead atoms. The number of amides is 1. The standard InChI is InChI=1S/C40H36FN3O2/c41-37-19-8-10-21-39(37)42-22-24-43(25-23-42)40(45)27-35(31-14-11-17-33(26-31)46-32-15-5-2-6-16-32)36-29-44(28-30-12-3-1-4-13-30)38-20-9-7-18-34(36)38/h1-21,26,29,35H,22-25,27-28H2. The number of carbonyl (C=O) groups is 1. The summed E-state index contributed by atoms with van der Waals surface area (Å²) in [6.07, 6.45) is 2.53. The zero-order valence-electron chi connectivity index (χ0n) is 25.6. The Morgan fingerprint density at radius 3 is 2.17 bits per heavy atom. The van der Waals surface area contributed by atoms with Gasteiger partial charge in [0.2, 0.25) is 5.91 Å². The van der Waals surface area contributed by atoms with Crippen molar-refractivity contribution in [3.05, 3.63) is 162 Å². The molecule has 0 spiro atoms. The van der Waals surface area contributed by atoms with E-state index in [1.165, 1.54) is 11.6 Å². The van der Waals surface area contributed by atoms with Crippen molar-refractivity contribution < 1.29 is 13.9 Å². The normalized spacial score (nSPS) is 13.9. The van der Waals surface area contributed by atoms with Gasteiger partial charge in [-0.15, -0.1) is 0 Å². The quantitative estimate of drug-likeness (QED) is 0.165. The van der Waals surface area contributed by atoms with Gasteiger partial charge in [0.15, 0.2) is 0 Å². The van der Waals surface area contributed by atoms with E-state index in [9.17, 15) is 9.18 Å². The number of ether oxygens (including phenoxy) is 1. The van der Waals surface area contributed by atoms with Crippen molar-refractivity contribution in [1.29, 1.82) is 0 Å². The first-order chi connectivity index (χ1) is 22.6. The van der Waals surface area contributed by atoms with Crippen LogP contribution >= 0.6 is 0 Å². The van der Waals surface area contributed by atoms with Crippen molar-refractivity contribution in [3.8, 4) is 11.5 Å². The first kappa shape index (κ1) is 29.4. The Kier molecular flexibility index (Phi) is 8.51. The number of hydrogen-bond donors (Lipinski definition) is 0. The van der Waals surface area contributed by atoms with Crippen LogP contribution in [0.3, 0.4) is 0 Å². The van der Waals surface area contributed by atoms with Gasteiger partial charge in [-0.05, 0) is 59.2 Å². The largest absolute Gasteiger partial charge is 0.457 e. The third-order valence-corrected chi connectivity index (χ3v) is 8.83. The Bertz CT molecular complexity index is 1930. The van der Waals surface area contributed by atoms with E-state index in [1.54, 1.807) is 12.1 Å². The highest BCUT2D eigenvalue weighted by atomic mass is 19.1. The number of carbonyl (C=O) groups excluding carboxylic acids is 1. The number of anilines is 1. The lowest BCUT2D eigenvalue weighted by molar-refractivity contribution is -0.131. The van der Waals surface area contributed by atoms with Gasteiger partial charge in [0.05, 0.1) is 5.69 Å². The summed E-state index contributed by atoms with van der Waals surface area (Å²) in [5.74, 6) is 1.16. The fourth-order valence-electron chi connectivity index (χ4n) is 6.50. The summed E-state index contributed by atoms with van der Waals surface area (Å²) >= 11 is 0. The third kappa shape index (κ3) is 6.38. The zero-order chi connectivity index (χ0) is 31.3. The van der Waals surface area contributed by atoms with Crippen molar-refractivity contribution in [2.45, 2.75) is 18.9 Å². The van der Waals surface area contributed by atoms with Crippen LogP contribution in [0.4, 0.5) is 10.1 Å². The Morgan fingerprint density at radius 2 is 1.39 bits per heavy atom. The summed E-state index contributed by atoms with van der Waals surface area (Å²) in [7, 11) is 0. The molecule has 0 N–H and O–H groups in total. The molecule has 0 aliphatic carbocycles. The van der Waals surface area contributed by atoms with Crippen LogP contribution in [0.2, 0.25) is 0 Å². The van der Waals surface area contributed by atoms with Crippen LogP contribution in [-0.4, -0.2) is 41.6 Å². The van der Waals surface area contributed by atoms with Crippen molar-refractivity contribution >= 4 is 22.5 Å². The lowest BCUT2D eigenvalue weighted by Crippen LogP contribution is -2.49. The van der Waals surface area contributed by atoms with Gasteiger partial charge < -0.3 is 19.1 Å². The van der Waals surface area contributed by atoms with Crippen LogP contribution in [0.5, 0.6) is 11.5 Å². The SMILES string of the molecule is O=C(CC(c1cccc(Oc2ccccc2)c1)c1cn(Cc2ccccc2)c2ccccc12)N1CCN(c2ccccc2F)CC1. The van der Waals surface area contributed by atoms with Gasteiger partial charge >= 0.3 is 0 Å². The van der Waals surface area contributed by atoms with Crippen LogP contribution in [0.25, 0.3) is 10.9 Å². The van der Waals surface area contributed by atoms with Gasteiger partial charge in [-0.3, -0.25) is 4.79 Å². The second-order valence-corrected chi connectivity index (χ2v) is 11.8. The molecule has 1 saturated heterocycles. The molecule has 1 aromatic heterocycles. The Morgan fingerprint density at radius 1 is 0.717 bits per heavy atom. The highest BCUT2D eigenvalue weighted by Crippen LogP contribution is 2.37. The molecule has 1 fully saturated rings. The summed E-state index contributed by atoms with van der Waals surface area (Å²) in [5.41, 5.74) is 5.08. The maximum Gasteiger partial charge on any atom is 0.223 e. The molecule has 1 unspecified atom stereocenters. The number of rotatable bonds is 9. The van der Waals surface area contributed by atoms with Gasteiger partial charge in [-0.25, -0.2) is 4.39 Å². The molecule has 1 amide bonds. The molecule has 46 heavy (non-hydrogen) atoms. The predicted molar refractivity (Wildman–Crippen MR) is 182 cm³/mol. The van der Waals surface area contributed by atoms with Gasteiger partial charge in [-0.1, -0.05) is 91.0 Å². The van der Waals surface area contributed by atoms with E-state index in [0.29, 0.717) is 38.3 Å². The molecule has 6 aromatic rings. The molecular formula is C40H36FN3O2. The number of halogens is 1. The minimum Gasteiger partial charge on any atom is -0.457 e. The van der Waals surface area contributed by atoms with E-state index in [2.05, 4.69) is 71.4 Å². The summed E-state index contributed by atoms with van der Waals surface area (Å²) in [6.45, 7) is 3.01. The monoisotopic (exact) mass is 609 g/mol. The highest BCUT2D eigenvalue weighted by Gasteiger charge is 2.28. The van der Waals surface area contributed by atoms with Crippen LogP contribution in [0, 0.1) is 5.82 Å². The Labute approximate surface area is 269 Å². The minimum absolute atomic E-state index is 0.0902. The van der Waals surface area contributed by atoms with E-state index in [0.717, 1.165) is 40.1 Å². The number of aromatic nitrogens is 1. The second-order valence-electron chi connectivity index (χ2n) is 11.8. The molecule has 0 saturated carbocycles. The van der Waals surface area contributed by atoms with Crippen LogP contribution in [-0.2, 0) is 11.3 Å². The van der Waals surface area contributed by atoms with Gasteiger partial charge in [0.25, 0.3) is 0 Å². The van der Waals surface area contributed by atoms with E-state index in [1.807, 2.05) is 64.4 Å². The predicted octanol–water partition coefficient (Wildman–Crippen LogP) is 8.49. The summed E-state index contributed by atoms with van der Waals surface area (Å²) in [6, 6.07) is 43.6. The van der Waals surface area contributed by atoms with E-state index in [-0.39, 0.29) is 17.6 Å². The first-order valence-electron chi connectivity index (χ1n) is 15.8. The number of fused-ring (bicyclic) bond motifs is 1. The number of piperazine rings is 1. The molecular weight excluding hydrogens is 573 g/mol. The van der Waals surface area contributed by atoms with E-state index in [4.69, 9.17) is 4.74 Å². The molecule has 1 aliphatic heterocycles. The maximum atomic E-state index is 14.5. The lowest BCUT2D eigenvalue weighted by Gasteiger charge is -2.36. The van der Waals surface area contributed by atoms with Crippen LogP contribution < -0.4 is 9.64 Å². The molecule has 6 heteroatoms. The average Bonchev–Trinajstić information content (AvgIpc) is 3.46. The van der Waals surface area contributed by atoms with Crippen LogP contribution in [0.15, 0.2) is 140 Å². The molecule has 0 radical (unpaired) electrons. The second kappa shape index (κ2) is 13.3. The number of hydrogen-bond acceptors (Lipinski definition) is 3. The topological polar surface area (TPSA) is 37.7 Å². The van der Waals surface area contributed by atoms with Gasteiger partial charge in [0, 0.05) is 62.2 Å². The Hall–Kier alpha value is -5.36. The smallest absolute Gasteiger partial charge is 0.223 e. The molecule has 1 aliphatic rings. The molecule has 230 valence electrons. The molecule has 2 heterocycles. The zero-order valence-corrected chi connectivity index (χ0v) is 25.6. The third-order valence-electron chi connectivity index (χ3n) is 8.83. The fraction of sp³-hybridized carbons (Fsp3) is 0.175. The fourth-order valence-corrected chi connectivity index (χ4v) is 6.50. The first-order valence-corrected chi connectivity index (χ1v) is 15.8. The van der Waals surface area contributed by atoms with E-state index >= 15 is 0 Å². The van der Waals surface area contributed by atoms with Crippen molar-refractivity contribution in [2.75, 3.05) is 31.1 Å².